The molecule has 0 radical (unpaired) electrons. The zero-order valence-electron chi connectivity index (χ0n) is 41.1. The normalized spacial score (nSPS) is 9.85. The summed E-state index contributed by atoms with van der Waals surface area (Å²) in [6.07, 6.45) is 30.9. The Morgan fingerprint density at radius 1 is 0.318 bits per heavy atom. The Bertz CT molecular complexity index is 2150. The van der Waals surface area contributed by atoms with Gasteiger partial charge in [-0.15, -0.1) is 0 Å². The van der Waals surface area contributed by atoms with Gasteiger partial charge in [-0.05, 0) is 144 Å². The molecule has 0 aliphatic carbocycles. The smallest absolute Gasteiger partial charge is 0.0722 e. The van der Waals surface area contributed by atoms with E-state index in [1.165, 1.54) is 110 Å². The molecule has 3 aromatic rings. The summed E-state index contributed by atoms with van der Waals surface area (Å²) in [4.78, 5) is 0. The lowest BCUT2D eigenvalue weighted by molar-refractivity contribution is 0.117. The van der Waals surface area contributed by atoms with Crippen molar-refractivity contribution in [3.63, 3.8) is 0 Å². The number of hydrogen-bond donors (Lipinski definition) is 0. The molecule has 0 fully saturated rings. The maximum absolute atomic E-state index is 6.17. The second-order valence-electron chi connectivity index (χ2n) is 17.0. The van der Waals surface area contributed by atoms with E-state index >= 15 is 0 Å². The molecule has 66 heavy (non-hydrogen) atoms. The Morgan fingerprint density at radius 2 is 0.606 bits per heavy atom. The Labute approximate surface area is 403 Å². The van der Waals surface area contributed by atoms with Crippen LogP contribution < -0.4 is 0 Å². The molecule has 0 saturated heterocycles. The van der Waals surface area contributed by atoms with Gasteiger partial charge in [0, 0.05) is 64.6 Å². The van der Waals surface area contributed by atoms with Crippen molar-refractivity contribution in [1.82, 2.24) is 0 Å². The predicted molar refractivity (Wildman–Crippen MR) is 284 cm³/mol. The van der Waals surface area contributed by atoms with Gasteiger partial charge in [-0.1, -0.05) is 175 Å². The summed E-state index contributed by atoms with van der Waals surface area (Å²) in [5.74, 6) is 49.3. The molecular formula is C64H78O2. The number of rotatable bonds is 30. The average molecular weight is 879 g/mol. The first-order valence-corrected chi connectivity index (χ1v) is 25.7. The van der Waals surface area contributed by atoms with Gasteiger partial charge in [-0.25, -0.2) is 0 Å². The summed E-state index contributed by atoms with van der Waals surface area (Å²) in [6.45, 7) is 7.29. The molecule has 3 aromatic carbocycles. The molecule has 0 spiro atoms. The number of ether oxygens (including phenoxy) is 2. The third kappa shape index (κ3) is 28.5. The van der Waals surface area contributed by atoms with E-state index in [1.807, 2.05) is 0 Å². The van der Waals surface area contributed by atoms with E-state index < -0.39 is 0 Å². The summed E-state index contributed by atoms with van der Waals surface area (Å²) in [5.41, 5.74) is 2.48. The SMILES string of the molecule is CCCCCCCC#CC#CCCCC#CC#CCCCCCCOCc1cccc2cc3c(COCCCCCCC#CC#CCCCC#CC#CCCCCCCC)cccc3cc12. The molecule has 0 heterocycles. The van der Waals surface area contributed by atoms with Crippen LogP contribution in [-0.4, -0.2) is 13.2 Å². The first kappa shape index (κ1) is 54.9. The van der Waals surface area contributed by atoms with Crippen LogP contribution in [0.3, 0.4) is 0 Å². The van der Waals surface area contributed by atoms with Crippen LogP contribution >= 0.6 is 0 Å². The van der Waals surface area contributed by atoms with E-state index in [9.17, 15) is 0 Å². The number of unbranched alkanes of at least 4 members (excludes halogenated alkanes) is 22. The zero-order chi connectivity index (χ0) is 46.5. The molecular weight excluding hydrogens is 801 g/mol. The summed E-state index contributed by atoms with van der Waals surface area (Å²) in [5, 5.41) is 5.02. The molecule has 0 atom stereocenters. The Balaban J connectivity index is 1.21. The van der Waals surface area contributed by atoms with Crippen LogP contribution in [0.5, 0.6) is 0 Å². The van der Waals surface area contributed by atoms with Crippen LogP contribution in [0.15, 0.2) is 48.5 Å². The minimum atomic E-state index is 0.628. The van der Waals surface area contributed by atoms with Crippen molar-refractivity contribution >= 4 is 21.5 Å². The Kier molecular flexibility index (Phi) is 34.1. The highest BCUT2D eigenvalue weighted by Gasteiger charge is 2.07. The minimum absolute atomic E-state index is 0.628. The lowest BCUT2D eigenvalue weighted by Crippen LogP contribution is -1.98. The minimum Gasteiger partial charge on any atom is -0.377 e. The van der Waals surface area contributed by atoms with Gasteiger partial charge in [0.25, 0.3) is 0 Å². The van der Waals surface area contributed by atoms with E-state index in [1.54, 1.807) is 0 Å². The first-order chi connectivity index (χ1) is 32.8. The largest absolute Gasteiger partial charge is 0.377 e. The monoisotopic (exact) mass is 879 g/mol. The standard InChI is InChI=1S/C64H78O2/c1-3-5-7-9-11-13-15-17-19-21-23-25-27-29-31-33-35-37-39-41-43-45-53-65-57-61-51-47-49-59-56-64-60(55-63(59)61)50-48-52-62(64)58-66-54-46-44-42-40-38-36-34-32-30-28-26-24-22-20-18-16-14-12-10-8-6-4-2/h47-52,55-56H,3-14,23-28,37-46,53-54,57-58H2,1-2H3. The predicted octanol–water partition coefficient (Wildman–Crippen LogP) is 16.0. The lowest BCUT2D eigenvalue weighted by Gasteiger charge is -2.12. The second kappa shape index (κ2) is 41.0. The maximum atomic E-state index is 6.17. The maximum Gasteiger partial charge on any atom is 0.0722 e. The molecule has 3 rings (SSSR count). The van der Waals surface area contributed by atoms with Crippen LogP contribution in [0.1, 0.15) is 205 Å². The number of hydrogen-bond acceptors (Lipinski definition) is 2. The summed E-state index contributed by atoms with van der Waals surface area (Å²) in [6, 6.07) is 17.7. The van der Waals surface area contributed by atoms with Gasteiger partial charge in [0.1, 0.15) is 0 Å². The fraction of sp³-hybridized carbons (Fsp3) is 0.531. The van der Waals surface area contributed by atoms with Crippen molar-refractivity contribution in [3.05, 3.63) is 59.7 Å². The van der Waals surface area contributed by atoms with Crippen molar-refractivity contribution in [2.75, 3.05) is 13.2 Å². The third-order valence-corrected chi connectivity index (χ3v) is 11.2. The van der Waals surface area contributed by atoms with Crippen molar-refractivity contribution in [3.8, 4) is 94.7 Å². The van der Waals surface area contributed by atoms with E-state index in [4.69, 9.17) is 9.47 Å². The average Bonchev–Trinajstić information content (AvgIpc) is 3.33. The van der Waals surface area contributed by atoms with Crippen molar-refractivity contribution < 1.29 is 9.47 Å². The van der Waals surface area contributed by atoms with Crippen molar-refractivity contribution in [1.29, 1.82) is 0 Å². The van der Waals surface area contributed by atoms with Crippen LogP contribution in [0.4, 0.5) is 0 Å². The van der Waals surface area contributed by atoms with Gasteiger partial charge >= 0.3 is 0 Å². The molecule has 0 amide bonds. The fourth-order valence-electron chi connectivity index (χ4n) is 7.36. The van der Waals surface area contributed by atoms with Crippen LogP contribution in [0.2, 0.25) is 0 Å². The summed E-state index contributed by atoms with van der Waals surface area (Å²) in [7, 11) is 0. The molecule has 2 nitrogen and oxygen atoms in total. The highest BCUT2D eigenvalue weighted by Crippen LogP contribution is 2.29. The number of benzene rings is 3. The highest BCUT2D eigenvalue weighted by atomic mass is 16.5. The number of fused-ring (bicyclic) bond motifs is 2. The molecule has 346 valence electrons. The van der Waals surface area contributed by atoms with Crippen molar-refractivity contribution in [2.45, 2.75) is 207 Å². The first-order valence-electron chi connectivity index (χ1n) is 25.7. The van der Waals surface area contributed by atoms with Gasteiger partial charge in [0.2, 0.25) is 0 Å². The molecule has 0 aliphatic heterocycles. The van der Waals surface area contributed by atoms with Crippen LogP contribution in [0, 0.1) is 94.7 Å². The molecule has 0 unspecified atom stereocenters. The lowest BCUT2D eigenvalue weighted by atomic mass is 9.97. The van der Waals surface area contributed by atoms with Gasteiger partial charge in [0.05, 0.1) is 13.2 Å². The zero-order valence-corrected chi connectivity index (χ0v) is 41.1. The van der Waals surface area contributed by atoms with E-state index in [-0.39, 0.29) is 0 Å². The molecule has 0 saturated carbocycles. The highest BCUT2D eigenvalue weighted by molar-refractivity contribution is 6.00. The van der Waals surface area contributed by atoms with Gasteiger partial charge < -0.3 is 9.47 Å². The van der Waals surface area contributed by atoms with Crippen LogP contribution in [-0.2, 0) is 22.7 Å². The van der Waals surface area contributed by atoms with Gasteiger partial charge in [-0.3, -0.25) is 0 Å². The summed E-state index contributed by atoms with van der Waals surface area (Å²) >= 11 is 0. The quantitative estimate of drug-likeness (QED) is 0.0377. The van der Waals surface area contributed by atoms with E-state index in [2.05, 4.69) is 157 Å². The molecule has 2 heteroatoms. The molecule has 0 aliphatic rings. The van der Waals surface area contributed by atoms with Gasteiger partial charge in [-0.2, -0.15) is 0 Å². The third-order valence-electron chi connectivity index (χ3n) is 11.2. The van der Waals surface area contributed by atoms with E-state index in [0.717, 1.165) is 116 Å². The summed E-state index contributed by atoms with van der Waals surface area (Å²) < 4.78 is 12.3. The molecule has 0 N–H and O–H groups in total. The molecule has 0 bridgehead atoms. The second-order valence-corrected chi connectivity index (χ2v) is 17.0. The van der Waals surface area contributed by atoms with Crippen molar-refractivity contribution in [2.24, 2.45) is 0 Å². The van der Waals surface area contributed by atoms with Gasteiger partial charge in [0.15, 0.2) is 0 Å². The fourth-order valence-corrected chi connectivity index (χ4v) is 7.36. The van der Waals surface area contributed by atoms with Crippen LogP contribution in [0.25, 0.3) is 21.5 Å². The molecule has 0 aromatic heterocycles. The Hall–Kier alpha value is -5.42. The Morgan fingerprint density at radius 3 is 0.924 bits per heavy atom. The van der Waals surface area contributed by atoms with E-state index in [0.29, 0.717) is 13.2 Å². The topological polar surface area (TPSA) is 18.5 Å².